The zero-order valence-electron chi connectivity index (χ0n) is 10.7. The number of nitrogens with zero attached hydrogens (tertiary/aromatic N) is 1. The van der Waals surface area contributed by atoms with Crippen molar-refractivity contribution in [3.63, 3.8) is 0 Å². The smallest absolute Gasteiger partial charge is 0.0459 e. The van der Waals surface area contributed by atoms with Gasteiger partial charge >= 0.3 is 0 Å². The molecule has 1 aromatic rings. The maximum absolute atomic E-state index is 9.17. The van der Waals surface area contributed by atoms with Gasteiger partial charge in [-0.05, 0) is 43.3 Å². The third-order valence-corrected chi connectivity index (χ3v) is 3.97. The minimum atomic E-state index is 0.337. The molecule has 0 saturated carbocycles. The van der Waals surface area contributed by atoms with E-state index in [1.807, 2.05) is 0 Å². The predicted molar refractivity (Wildman–Crippen MR) is 70.7 cm³/mol. The molecule has 1 aliphatic heterocycles. The van der Waals surface area contributed by atoms with Crippen molar-refractivity contribution in [2.45, 2.75) is 26.3 Å². The summed E-state index contributed by atoms with van der Waals surface area (Å²) in [7, 11) is 0. The Balaban J connectivity index is 1.80. The van der Waals surface area contributed by atoms with E-state index in [9.17, 15) is 5.11 Å². The van der Waals surface area contributed by atoms with E-state index in [0.717, 1.165) is 6.54 Å². The first kappa shape index (κ1) is 12.6. The molecule has 1 heterocycles. The maximum atomic E-state index is 9.17. The molecule has 0 amide bonds. The highest BCUT2D eigenvalue weighted by Gasteiger charge is 2.23. The van der Waals surface area contributed by atoms with Crippen molar-refractivity contribution < 1.29 is 5.11 Å². The number of aliphatic hydroxyl groups excluding tert-OH is 1. The molecule has 1 fully saturated rings. The first-order valence-corrected chi connectivity index (χ1v) is 6.66. The van der Waals surface area contributed by atoms with Gasteiger partial charge in [0.2, 0.25) is 0 Å². The van der Waals surface area contributed by atoms with Crippen LogP contribution in [0.15, 0.2) is 30.3 Å². The number of piperidine rings is 1. The van der Waals surface area contributed by atoms with Crippen LogP contribution in [0.1, 0.15) is 25.3 Å². The quantitative estimate of drug-likeness (QED) is 0.864. The van der Waals surface area contributed by atoms with Gasteiger partial charge in [-0.3, -0.25) is 4.90 Å². The standard InChI is InChI=1S/C15H23NO/c1-13(12-17)15-7-9-16(10-8-15)11-14-5-3-2-4-6-14/h2-6,13,15,17H,7-12H2,1H3. The molecule has 0 radical (unpaired) electrons. The Kier molecular flexibility index (Phi) is 4.57. The molecule has 0 spiro atoms. The van der Waals surface area contributed by atoms with Crippen LogP contribution in [-0.4, -0.2) is 29.7 Å². The molecule has 2 rings (SSSR count). The van der Waals surface area contributed by atoms with Crippen LogP contribution in [0.25, 0.3) is 0 Å². The van der Waals surface area contributed by atoms with Crippen molar-refractivity contribution in [1.82, 2.24) is 4.90 Å². The van der Waals surface area contributed by atoms with Crippen molar-refractivity contribution in [3.05, 3.63) is 35.9 Å². The molecule has 0 bridgehead atoms. The Bertz CT molecular complexity index is 317. The highest BCUT2D eigenvalue weighted by atomic mass is 16.3. The molecule has 1 aliphatic rings. The molecule has 1 N–H and O–H groups in total. The Morgan fingerprint density at radius 2 is 1.88 bits per heavy atom. The molecule has 17 heavy (non-hydrogen) atoms. The summed E-state index contributed by atoms with van der Waals surface area (Å²) >= 11 is 0. The largest absolute Gasteiger partial charge is 0.396 e. The number of hydrogen-bond donors (Lipinski definition) is 1. The number of hydrogen-bond acceptors (Lipinski definition) is 2. The second-order valence-corrected chi connectivity index (χ2v) is 5.26. The van der Waals surface area contributed by atoms with Crippen molar-refractivity contribution in [2.75, 3.05) is 19.7 Å². The first-order valence-electron chi connectivity index (χ1n) is 6.66. The minimum Gasteiger partial charge on any atom is -0.396 e. The molecule has 0 aliphatic carbocycles. The van der Waals surface area contributed by atoms with Gasteiger partial charge in [-0.25, -0.2) is 0 Å². The normalized spacial score (nSPS) is 20.4. The highest BCUT2D eigenvalue weighted by Crippen LogP contribution is 2.25. The third kappa shape index (κ3) is 3.55. The zero-order valence-corrected chi connectivity index (χ0v) is 10.7. The number of benzene rings is 1. The number of likely N-dealkylation sites (tertiary alicyclic amines) is 1. The van der Waals surface area contributed by atoms with Gasteiger partial charge in [0.25, 0.3) is 0 Å². The Hall–Kier alpha value is -0.860. The van der Waals surface area contributed by atoms with Crippen LogP contribution in [0.2, 0.25) is 0 Å². The molecule has 1 unspecified atom stereocenters. The van der Waals surface area contributed by atoms with E-state index < -0.39 is 0 Å². The Morgan fingerprint density at radius 1 is 1.24 bits per heavy atom. The second kappa shape index (κ2) is 6.18. The van der Waals surface area contributed by atoms with E-state index in [1.54, 1.807) is 0 Å². The monoisotopic (exact) mass is 233 g/mol. The van der Waals surface area contributed by atoms with E-state index in [4.69, 9.17) is 0 Å². The summed E-state index contributed by atoms with van der Waals surface area (Å²) in [5, 5.41) is 9.17. The van der Waals surface area contributed by atoms with Gasteiger partial charge in [0.1, 0.15) is 0 Å². The fourth-order valence-electron chi connectivity index (χ4n) is 2.67. The lowest BCUT2D eigenvalue weighted by Crippen LogP contribution is -2.35. The Labute approximate surface area is 104 Å². The first-order chi connectivity index (χ1) is 8.29. The van der Waals surface area contributed by atoms with Crippen molar-refractivity contribution in [1.29, 1.82) is 0 Å². The van der Waals surface area contributed by atoms with Gasteiger partial charge < -0.3 is 5.11 Å². The summed E-state index contributed by atoms with van der Waals surface area (Å²) in [5.74, 6) is 1.18. The van der Waals surface area contributed by atoms with Gasteiger partial charge in [0.05, 0.1) is 0 Å². The molecule has 1 saturated heterocycles. The topological polar surface area (TPSA) is 23.5 Å². The van der Waals surface area contributed by atoms with E-state index in [0.29, 0.717) is 18.4 Å². The van der Waals surface area contributed by atoms with Crippen molar-refractivity contribution >= 4 is 0 Å². The SMILES string of the molecule is CC(CO)C1CCN(Cc2ccccc2)CC1. The van der Waals surface area contributed by atoms with Crippen LogP contribution in [0.4, 0.5) is 0 Å². The molecule has 2 nitrogen and oxygen atoms in total. The molecule has 1 atom stereocenters. The second-order valence-electron chi connectivity index (χ2n) is 5.26. The maximum Gasteiger partial charge on any atom is 0.0459 e. The van der Waals surface area contributed by atoms with E-state index in [-0.39, 0.29) is 0 Å². The van der Waals surface area contributed by atoms with Gasteiger partial charge in [0.15, 0.2) is 0 Å². The number of aliphatic hydroxyl groups is 1. The molecular formula is C15H23NO. The summed E-state index contributed by atoms with van der Waals surface area (Å²) in [6.07, 6.45) is 2.46. The van der Waals surface area contributed by atoms with Crippen molar-refractivity contribution in [3.8, 4) is 0 Å². The van der Waals surface area contributed by atoms with Crippen LogP contribution in [0, 0.1) is 11.8 Å². The highest BCUT2D eigenvalue weighted by molar-refractivity contribution is 5.14. The van der Waals surface area contributed by atoms with Crippen molar-refractivity contribution in [2.24, 2.45) is 11.8 Å². The minimum absolute atomic E-state index is 0.337. The fourth-order valence-corrected chi connectivity index (χ4v) is 2.67. The molecular weight excluding hydrogens is 210 g/mol. The summed E-state index contributed by atoms with van der Waals surface area (Å²) in [4.78, 5) is 2.52. The third-order valence-electron chi connectivity index (χ3n) is 3.97. The van der Waals surface area contributed by atoms with Crippen LogP contribution in [0.3, 0.4) is 0 Å². The lowest BCUT2D eigenvalue weighted by atomic mass is 9.86. The summed E-state index contributed by atoms with van der Waals surface area (Å²) < 4.78 is 0. The molecule has 94 valence electrons. The molecule has 1 aromatic carbocycles. The van der Waals surface area contributed by atoms with Gasteiger partial charge in [-0.15, -0.1) is 0 Å². The fraction of sp³-hybridized carbons (Fsp3) is 0.600. The number of rotatable bonds is 4. The van der Waals surface area contributed by atoms with Crippen LogP contribution >= 0.6 is 0 Å². The molecule has 2 heteroatoms. The average molecular weight is 233 g/mol. The molecule has 0 aromatic heterocycles. The average Bonchev–Trinajstić information content (AvgIpc) is 2.40. The van der Waals surface area contributed by atoms with Gasteiger partial charge in [-0.2, -0.15) is 0 Å². The van der Waals surface area contributed by atoms with Crippen LogP contribution in [-0.2, 0) is 6.54 Å². The summed E-state index contributed by atoms with van der Waals surface area (Å²) in [5.41, 5.74) is 1.40. The lowest BCUT2D eigenvalue weighted by molar-refractivity contribution is 0.112. The summed E-state index contributed by atoms with van der Waals surface area (Å²) in [6, 6.07) is 10.7. The van der Waals surface area contributed by atoms with Crippen LogP contribution < -0.4 is 0 Å². The van der Waals surface area contributed by atoms with Crippen LogP contribution in [0.5, 0.6) is 0 Å². The van der Waals surface area contributed by atoms with E-state index in [1.165, 1.54) is 31.5 Å². The Morgan fingerprint density at radius 3 is 2.47 bits per heavy atom. The van der Waals surface area contributed by atoms with Gasteiger partial charge in [-0.1, -0.05) is 37.3 Å². The zero-order chi connectivity index (χ0) is 12.1. The lowest BCUT2D eigenvalue weighted by Gasteiger charge is -2.34. The van der Waals surface area contributed by atoms with Gasteiger partial charge in [0, 0.05) is 13.2 Å². The summed E-state index contributed by atoms with van der Waals surface area (Å²) in [6.45, 7) is 5.91. The van der Waals surface area contributed by atoms with E-state index in [2.05, 4.69) is 42.2 Å². The van der Waals surface area contributed by atoms with E-state index >= 15 is 0 Å². The predicted octanol–water partition coefficient (Wildman–Crippen LogP) is 2.53.